The summed E-state index contributed by atoms with van der Waals surface area (Å²) < 4.78 is 7.04. The van der Waals surface area contributed by atoms with Crippen molar-refractivity contribution in [3.63, 3.8) is 0 Å². The summed E-state index contributed by atoms with van der Waals surface area (Å²) in [7, 11) is 0. The van der Waals surface area contributed by atoms with E-state index < -0.39 is 0 Å². The van der Waals surface area contributed by atoms with E-state index in [9.17, 15) is 9.90 Å². The van der Waals surface area contributed by atoms with Crippen LogP contribution in [-0.2, 0) is 13.0 Å². The maximum atomic E-state index is 13.5. The van der Waals surface area contributed by atoms with Gasteiger partial charge in [-0.3, -0.25) is 14.6 Å². The fourth-order valence-electron chi connectivity index (χ4n) is 4.48. The number of hydrogen-bond acceptors (Lipinski definition) is 8. The minimum Gasteiger partial charge on any atom is -0.507 e. The first-order valence-corrected chi connectivity index (χ1v) is 12.1. The third-order valence-electron chi connectivity index (χ3n) is 6.38. The number of aliphatic hydroxyl groups excluding tert-OH is 1. The van der Waals surface area contributed by atoms with Gasteiger partial charge >= 0.3 is 0 Å². The quantitative estimate of drug-likeness (QED) is 0.451. The second kappa shape index (κ2) is 9.23. The number of fused-ring (bicyclic) bond motifs is 2. The second-order valence-electron chi connectivity index (χ2n) is 8.40. The molecule has 5 rings (SSSR count). The Morgan fingerprint density at radius 1 is 1.15 bits per heavy atom. The first kappa shape index (κ1) is 22.0. The van der Waals surface area contributed by atoms with Crippen LogP contribution >= 0.6 is 11.3 Å². The van der Waals surface area contributed by atoms with Gasteiger partial charge in [-0.2, -0.15) is 0 Å². The standard InChI is InChI=1S/C25H27N3O4S/c1-2-16-13-17-23(31)19(25-26-20-5-3-4-6-21(20)33-25)15-32-24(17)18(22(16)30)14-28-9-7-27(8-10-28)11-12-29/h3-6,13,15,29-30H,2,7-12,14H2,1H3. The number of rotatable bonds is 6. The SMILES string of the molecule is CCc1cc2c(=O)c(-c3nc4ccccc4s3)coc2c(CN2CCN(CCO)CC2)c1O. The molecule has 1 aliphatic heterocycles. The molecule has 0 saturated carbocycles. The molecule has 0 unspecified atom stereocenters. The molecule has 4 aromatic rings. The average molecular weight is 466 g/mol. The van der Waals surface area contributed by atoms with Crippen LogP contribution in [0.15, 0.2) is 45.8 Å². The molecule has 33 heavy (non-hydrogen) atoms. The summed E-state index contributed by atoms with van der Waals surface area (Å²) in [6, 6.07) is 9.57. The first-order valence-electron chi connectivity index (χ1n) is 11.3. The van der Waals surface area contributed by atoms with E-state index >= 15 is 0 Å². The van der Waals surface area contributed by atoms with Crippen molar-refractivity contribution in [3.05, 3.63) is 57.9 Å². The zero-order chi connectivity index (χ0) is 22.9. The van der Waals surface area contributed by atoms with Crippen LogP contribution in [0.2, 0.25) is 0 Å². The lowest BCUT2D eigenvalue weighted by atomic mass is 10.0. The van der Waals surface area contributed by atoms with Gasteiger partial charge < -0.3 is 14.6 Å². The minimum atomic E-state index is -0.126. The molecular formula is C25H27N3O4S. The molecule has 7 nitrogen and oxygen atoms in total. The molecule has 0 amide bonds. The fraction of sp³-hybridized carbons (Fsp3) is 0.360. The van der Waals surface area contributed by atoms with Crippen molar-refractivity contribution < 1.29 is 14.6 Å². The normalized spacial score (nSPS) is 15.6. The highest BCUT2D eigenvalue weighted by atomic mass is 32.1. The lowest BCUT2D eigenvalue weighted by Gasteiger charge is -2.34. The fourth-order valence-corrected chi connectivity index (χ4v) is 5.45. The predicted octanol–water partition coefficient (Wildman–Crippen LogP) is 3.45. The van der Waals surface area contributed by atoms with Crippen molar-refractivity contribution in [2.75, 3.05) is 39.3 Å². The third-order valence-corrected chi connectivity index (χ3v) is 7.45. The van der Waals surface area contributed by atoms with Crippen LogP contribution in [0.25, 0.3) is 31.8 Å². The van der Waals surface area contributed by atoms with E-state index in [1.165, 1.54) is 17.6 Å². The summed E-state index contributed by atoms with van der Waals surface area (Å²) in [5.74, 6) is 0.207. The summed E-state index contributed by atoms with van der Waals surface area (Å²) in [6.07, 6.45) is 2.10. The Morgan fingerprint density at radius 2 is 1.91 bits per heavy atom. The number of aromatic hydroxyl groups is 1. The molecule has 172 valence electrons. The Morgan fingerprint density at radius 3 is 2.64 bits per heavy atom. The van der Waals surface area contributed by atoms with Crippen molar-refractivity contribution in [2.24, 2.45) is 0 Å². The van der Waals surface area contributed by atoms with Gasteiger partial charge in [0.1, 0.15) is 22.6 Å². The molecule has 2 N–H and O–H groups in total. The van der Waals surface area contributed by atoms with Crippen LogP contribution in [0.3, 0.4) is 0 Å². The van der Waals surface area contributed by atoms with Gasteiger partial charge in [-0.05, 0) is 30.2 Å². The molecule has 3 heterocycles. The molecule has 1 saturated heterocycles. The van der Waals surface area contributed by atoms with E-state index in [0.717, 1.165) is 42.0 Å². The molecule has 2 aromatic carbocycles. The number of thiazole rings is 1. The maximum absolute atomic E-state index is 13.5. The van der Waals surface area contributed by atoms with Crippen LogP contribution in [-0.4, -0.2) is 64.3 Å². The molecular weight excluding hydrogens is 438 g/mol. The second-order valence-corrected chi connectivity index (χ2v) is 9.43. The van der Waals surface area contributed by atoms with E-state index in [-0.39, 0.29) is 17.8 Å². The molecule has 0 aliphatic carbocycles. The first-order chi connectivity index (χ1) is 16.1. The van der Waals surface area contributed by atoms with Crippen LogP contribution in [0, 0.1) is 0 Å². The number of aliphatic hydroxyl groups is 1. The Kier molecular flexibility index (Phi) is 6.16. The number of phenols is 1. The molecule has 0 radical (unpaired) electrons. The van der Waals surface area contributed by atoms with Gasteiger partial charge in [-0.25, -0.2) is 4.98 Å². The predicted molar refractivity (Wildman–Crippen MR) is 131 cm³/mol. The summed E-state index contributed by atoms with van der Waals surface area (Å²) in [4.78, 5) is 22.6. The number of nitrogens with zero attached hydrogens (tertiary/aromatic N) is 3. The van der Waals surface area contributed by atoms with Crippen LogP contribution in [0.4, 0.5) is 0 Å². The van der Waals surface area contributed by atoms with Crippen molar-refractivity contribution in [1.29, 1.82) is 0 Å². The summed E-state index contributed by atoms with van der Waals surface area (Å²) >= 11 is 1.47. The van der Waals surface area contributed by atoms with Gasteiger partial charge in [-0.1, -0.05) is 19.1 Å². The molecule has 1 fully saturated rings. The number of piperazine rings is 1. The van der Waals surface area contributed by atoms with Crippen LogP contribution < -0.4 is 5.43 Å². The van der Waals surface area contributed by atoms with E-state index in [4.69, 9.17) is 9.52 Å². The van der Waals surface area contributed by atoms with Crippen LogP contribution in [0.5, 0.6) is 5.75 Å². The van der Waals surface area contributed by atoms with Gasteiger partial charge in [0, 0.05) is 39.3 Å². The summed E-state index contributed by atoms with van der Waals surface area (Å²) in [5, 5.41) is 21.3. The topological polar surface area (TPSA) is 90.0 Å². The van der Waals surface area contributed by atoms with Gasteiger partial charge in [0.25, 0.3) is 0 Å². The lowest BCUT2D eigenvalue weighted by Crippen LogP contribution is -2.46. The number of aromatic nitrogens is 1. The van der Waals surface area contributed by atoms with Gasteiger partial charge in [0.05, 0.1) is 33.3 Å². The highest BCUT2D eigenvalue weighted by Crippen LogP contribution is 2.34. The largest absolute Gasteiger partial charge is 0.507 e. The Bertz CT molecular complexity index is 1320. The molecule has 0 bridgehead atoms. The van der Waals surface area contributed by atoms with E-state index in [1.54, 1.807) is 6.07 Å². The number of benzene rings is 2. The number of phenolic OH excluding ortho intramolecular Hbond substituents is 1. The van der Waals surface area contributed by atoms with E-state index in [0.29, 0.717) is 46.6 Å². The number of β-amino-alcohol motifs (C(OH)–C–C–N with tert-alkyl or cyclic N) is 1. The maximum Gasteiger partial charge on any atom is 0.202 e. The Balaban J connectivity index is 1.55. The van der Waals surface area contributed by atoms with Crippen molar-refractivity contribution in [3.8, 4) is 16.3 Å². The smallest absolute Gasteiger partial charge is 0.202 e. The van der Waals surface area contributed by atoms with Crippen LogP contribution in [0.1, 0.15) is 18.1 Å². The molecule has 1 aliphatic rings. The number of para-hydroxylation sites is 1. The van der Waals surface area contributed by atoms with E-state index in [2.05, 4.69) is 14.8 Å². The van der Waals surface area contributed by atoms with Crippen molar-refractivity contribution >= 4 is 32.5 Å². The van der Waals surface area contributed by atoms with Gasteiger partial charge in [0.15, 0.2) is 0 Å². The zero-order valence-electron chi connectivity index (χ0n) is 18.6. The van der Waals surface area contributed by atoms with Gasteiger partial charge in [-0.15, -0.1) is 11.3 Å². The minimum absolute atomic E-state index is 0.126. The lowest BCUT2D eigenvalue weighted by molar-refractivity contribution is 0.108. The summed E-state index contributed by atoms with van der Waals surface area (Å²) in [5.41, 5.74) is 3.02. The third kappa shape index (κ3) is 4.15. The van der Waals surface area contributed by atoms with Gasteiger partial charge in [0.2, 0.25) is 5.43 Å². The Hall–Kier alpha value is -2.78. The summed E-state index contributed by atoms with van der Waals surface area (Å²) in [6.45, 7) is 6.68. The molecule has 2 aromatic heterocycles. The molecule has 0 spiro atoms. The average Bonchev–Trinajstić information content (AvgIpc) is 3.26. The molecule has 8 heteroatoms. The number of hydrogen-bond donors (Lipinski definition) is 2. The van der Waals surface area contributed by atoms with Crippen molar-refractivity contribution in [1.82, 2.24) is 14.8 Å². The molecule has 0 atom stereocenters. The zero-order valence-corrected chi connectivity index (χ0v) is 19.4. The van der Waals surface area contributed by atoms with Crippen molar-refractivity contribution in [2.45, 2.75) is 19.9 Å². The Labute approximate surface area is 195 Å². The highest BCUT2D eigenvalue weighted by molar-refractivity contribution is 7.21. The monoisotopic (exact) mass is 465 g/mol. The van der Waals surface area contributed by atoms with E-state index in [1.807, 2.05) is 31.2 Å². The number of aryl methyl sites for hydroxylation is 1. The highest BCUT2D eigenvalue weighted by Gasteiger charge is 2.23.